The molecule has 150 valence electrons. The molecule has 10 heteroatoms. The van der Waals surface area contributed by atoms with E-state index >= 15 is 0 Å². The van der Waals surface area contributed by atoms with Gasteiger partial charge in [-0.05, 0) is 42.3 Å². The van der Waals surface area contributed by atoms with Gasteiger partial charge in [-0.25, -0.2) is 13.1 Å². The second kappa shape index (κ2) is 8.49. The fourth-order valence-corrected chi connectivity index (χ4v) is 4.15. The number of nitriles is 1. The number of fused-ring (bicyclic) bond motifs is 1. The van der Waals surface area contributed by atoms with E-state index in [2.05, 4.69) is 10.0 Å². The average molecular weight is 432 g/mol. The molecule has 0 aromatic heterocycles. The molecule has 0 saturated carbocycles. The van der Waals surface area contributed by atoms with Crippen LogP contribution in [0.4, 0.5) is 13.2 Å². The number of nitrogens with one attached hydrogen (secondary N) is 2. The van der Waals surface area contributed by atoms with Gasteiger partial charge in [-0.3, -0.25) is 0 Å². The minimum absolute atomic E-state index is 0. The summed E-state index contributed by atoms with van der Waals surface area (Å²) < 4.78 is 66.5. The predicted octanol–water partition coefficient (Wildman–Crippen LogP) is 3.16. The van der Waals surface area contributed by atoms with E-state index in [1.165, 1.54) is 6.07 Å². The third kappa shape index (κ3) is 4.64. The maximum atomic E-state index is 13.1. The van der Waals surface area contributed by atoms with Crippen LogP contribution < -0.4 is 10.0 Å². The van der Waals surface area contributed by atoms with Gasteiger partial charge in [0, 0.05) is 12.6 Å². The summed E-state index contributed by atoms with van der Waals surface area (Å²) in [4.78, 5) is -0.530. The van der Waals surface area contributed by atoms with E-state index in [0.717, 1.165) is 29.7 Å². The van der Waals surface area contributed by atoms with Gasteiger partial charge < -0.3 is 5.32 Å². The van der Waals surface area contributed by atoms with Crippen LogP contribution in [0.3, 0.4) is 0 Å². The summed E-state index contributed by atoms with van der Waals surface area (Å²) in [7, 11) is -4.17. The lowest BCUT2D eigenvalue weighted by molar-refractivity contribution is -0.137. The fraction of sp³-hybridized carbons (Fsp3) is 0.278. The Morgan fingerprint density at radius 3 is 2.61 bits per heavy atom. The normalized spacial score (nSPS) is 16.6. The molecule has 1 heterocycles. The minimum atomic E-state index is -4.82. The molecular formula is C18H17ClF3N3O2S. The molecule has 2 aromatic rings. The van der Waals surface area contributed by atoms with Crippen LogP contribution >= 0.6 is 12.4 Å². The van der Waals surface area contributed by atoms with Crippen LogP contribution in [-0.4, -0.2) is 21.5 Å². The van der Waals surface area contributed by atoms with Crippen molar-refractivity contribution in [2.24, 2.45) is 0 Å². The maximum absolute atomic E-state index is 13.1. The number of rotatable bonds is 4. The van der Waals surface area contributed by atoms with Crippen LogP contribution in [0.5, 0.6) is 0 Å². The second-order valence-corrected chi connectivity index (χ2v) is 7.89. The highest BCUT2D eigenvalue weighted by molar-refractivity contribution is 7.89. The van der Waals surface area contributed by atoms with Crippen LogP contribution in [0.25, 0.3) is 0 Å². The molecular weight excluding hydrogens is 415 g/mol. The van der Waals surface area contributed by atoms with E-state index in [1.807, 2.05) is 24.3 Å². The first-order valence-electron chi connectivity index (χ1n) is 8.14. The lowest BCUT2D eigenvalue weighted by atomic mass is 9.95. The fourth-order valence-electron chi connectivity index (χ4n) is 3.07. The molecule has 1 aliphatic rings. The van der Waals surface area contributed by atoms with Crippen LogP contribution in [0.1, 0.15) is 28.3 Å². The first-order valence-corrected chi connectivity index (χ1v) is 9.63. The quantitative estimate of drug-likeness (QED) is 0.779. The van der Waals surface area contributed by atoms with Crippen molar-refractivity contribution in [1.29, 1.82) is 5.26 Å². The summed E-state index contributed by atoms with van der Waals surface area (Å²) >= 11 is 0. The largest absolute Gasteiger partial charge is 0.417 e. The van der Waals surface area contributed by atoms with Crippen LogP contribution in [-0.2, 0) is 22.6 Å². The zero-order valence-electron chi connectivity index (χ0n) is 14.5. The molecule has 5 nitrogen and oxygen atoms in total. The topological polar surface area (TPSA) is 82.0 Å². The molecule has 1 unspecified atom stereocenters. The number of nitrogens with zero attached hydrogens (tertiary/aromatic N) is 1. The van der Waals surface area contributed by atoms with Gasteiger partial charge in [0.15, 0.2) is 0 Å². The number of hydrogen-bond donors (Lipinski definition) is 2. The molecule has 1 atom stereocenters. The first-order chi connectivity index (χ1) is 12.7. The Labute approximate surface area is 167 Å². The minimum Gasteiger partial charge on any atom is -0.308 e. The SMILES string of the molecule is Cl.N#Cc1ccc(S(=O)(=O)NCC2NCCc3ccccc32)cc1C(F)(F)F. The Morgan fingerprint density at radius 2 is 1.93 bits per heavy atom. The predicted molar refractivity (Wildman–Crippen MR) is 99.5 cm³/mol. The van der Waals surface area contributed by atoms with Crippen LogP contribution in [0.15, 0.2) is 47.4 Å². The van der Waals surface area contributed by atoms with Gasteiger partial charge in [0.2, 0.25) is 10.0 Å². The van der Waals surface area contributed by atoms with E-state index in [1.54, 1.807) is 0 Å². The summed E-state index contributed by atoms with van der Waals surface area (Å²) in [5.41, 5.74) is 0.179. The first kappa shape index (κ1) is 22.2. The van der Waals surface area contributed by atoms with Crippen LogP contribution in [0.2, 0.25) is 0 Å². The molecule has 0 saturated heterocycles. The highest BCUT2D eigenvalue weighted by Gasteiger charge is 2.35. The van der Waals surface area contributed by atoms with E-state index in [-0.39, 0.29) is 25.0 Å². The van der Waals surface area contributed by atoms with Crippen molar-refractivity contribution < 1.29 is 21.6 Å². The molecule has 0 amide bonds. The van der Waals surface area contributed by atoms with Crippen molar-refractivity contribution in [1.82, 2.24) is 10.0 Å². The van der Waals surface area contributed by atoms with Gasteiger partial charge in [0.25, 0.3) is 0 Å². The van der Waals surface area contributed by atoms with E-state index in [9.17, 15) is 21.6 Å². The van der Waals surface area contributed by atoms with Crippen molar-refractivity contribution in [2.75, 3.05) is 13.1 Å². The molecule has 28 heavy (non-hydrogen) atoms. The van der Waals surface area contributed by atoms with Gasteiger partial charge >= 0.3 is 6.18 Å². The summed E-state index contributed by atoms with van der Waals surface area (Å²) in [6.07, 6.45) is -4.00. The van der Waals surface area contributed by atoms with Crippen LogP contribution in [0, 0.1) is 11.3 Å². The zero-order chi connectivity index (χ0) is 19.7. The molecule has 1 aliphatic heterocycles. The van der Waals surface area contributed by atoms with Gasteiger partial charge in [-0.2, -0.15) is 18.4 Å². The number of sulfonamides is 1. The Bertz CT molecular complexity index is 1000. The lowest BCUT2D eigenvalue weighted by Gasteiger charge is -2.27. The molecule has 0 radical (unpaired) electrons. The van der Waals surface area contributed by atoms with E-state index < -0.39 is 32.2 Å². The van der Waals surface area contributed by atoms with Crippen molar-refractivity contribution in [3.8, 4) is 6.07 Å². The van der Waals surface area contributed by atoms with Gasteiger partial charge in [-0.15, -0.1) is 12.4 Å². The van der Waals surface area contributed by atoms with Gasteiger partial charge in [0.05, 0.1) is 22.1 Å². The van der Waals surface area contributed by atoms with Gasteiger partial charge in [0.1, 0.15) is 0 Å². The number of halogens is 4. The zero-order valence-corrected chi connectivity index (χ0v) is 16.1. The third-order valence-corrected chi connectivity index (χ3v) is 5.84. The maximum Gasteiger partial charge on any atom is 0.417 e. The average Bonchev–Trinajstić information content (AvgIpc) is 2.65. The van der Waals surface area contributed by atoms with E-state index in [4.69, 9.17) is 5.26 Å². The molecule has 0 fully saturated rings. The number of benzene rings is 2. The smallest absolute Gasteiger partial charge is 0.308 e. The summed E-state index contributed by atoms with van der Waals surface area (Å²) in [6.45, 7) is 0.680. The molecule has 0 spiro atoms. The molecule has 2 aromatic carbocycles. The standard InChI is InChI=1S/C18H16F3N3O2S.ClH/c19-18(20,21)16-9-14(6-5-13(16)10-22)27(25,26)24-11-17-15-4-2-1-3-12(15)7-8-23-17;/h1-6,9,17,23-24H,7-8,11H2;1H. The molecule has 0 aliphatic carbocycles. The lowest BCUT2D eigenvalue weighted by Crippen LogP contribution is -2.38. The summed E-state index contributed by atoms with van der Waals surface area (Å²) in [6, 6.07) is 11.1. The molecule has 2 N–H and O–H groups in total. The van der Waals surface area contributed by atoms with Crippen molar-refractivity contribution in [2.45, 2.75) is 23.5 Å². The third-order valence-electron chi connectivity index (χ3n) is 4.42. The van der Waals surface area contributed by atoms with Gasteiger partial charge in [-0.1, -0.05) is 24.3 Å². The Morgan fingerprint density at radius 1 is 1.21 bits per heavy atom. The molecule has 0 bridgehead atoms. The summed E-state index contributed by atoms with van der Waals surface area (Å²) in [5.74, 6) is 0. The Balaban J connectivity index is 0.00000280. The van der Waals surface area contributed by atoms with Crippen molar-refractivity contribution in [3.63, 3.8) is 0 Å². The molecule has 3 rings (SSSR count). The van der Waals surface area contributed by atoms with E-state index in [0.29, 0.717) is 12.6 Å². The number of hydrogen-bond acceptors (Lipinski definition) is 4. The highest BCUT2D eigenvalue weighted by Crippen LogP contribution is 2.33. The Hall–Kier alpha value is -2.12. The number of alkyl halides is 3. The van der Waals surface area contributed by atoms with Crippen molar-refractivity contribution >= 4 is 22.4 Å². The monoisotopic (exact) mass is 431 g/mol. The second-order valence-electron chi connectivity index (χ2n) is 6.12. The highest BCUT2D eigenvalue weighted by atomic mass is 35.5. The van der Waals surface area contributed by atoms with Crippen molar-refractivity contribution in [3.05, 3.63) is 64.7 Å². The summed E-state index contributed by atoms with van der Waals surface area (Å²) in [5, 5.41) is 12.0. The Kier molecular flexibility index (Phi) is 6.72.